The molecule has 0 fully saturated rings. The van der Waals surface area contributed by atoms with Crippen molar-refractivity contribution in [3.8, 4) is 0 Å². The molecule has 0 aliphatic carbocycles. The fraction of sp³-hybridized carbons (Fsp3) is 0.375. The average Bonchev–Trinajstić information content (AvgIpc) is 3.19. The number of allylic oxidation sites excluding steroid dienone is 6. The highest BCUT2D eigenvalue weighted by Gasteiger charge is 2.33. The third kappa shape index (κ3) is 5.47. The number of hydrogen-bond acceptors (Lipinski definition) is 2. The largest absolute Gasteiger partial charge is 0.416 e. The van der Waals surface area contributed by atoms with Crippen LogP contribution < -0.4 is 5.32 Å². The first-order valence-electron chi connectivity index (χ1n) is 10.6. The average molecular weight is 451 g/mol. The molecule has 0 saturated carbocycles. The molecule has 3 rings (SSSR count). The number of fused-ring (bicyclic) bond motifs is 1. The zero-order chi connectivity index (χ0) is 23.3. The Bertz CT molecular complexity index is 1010. The Morgan fingerprint density at radius 3 is 2.56 bits per heavy atom. The van der Waals surface area contributed by atoms with Gasteiger partial charge in [0.05, 0.1) is 23.0 Å². The molecule has 1 aliphatic rings. The fourth-order valence-electron chi connectivity index (χ4n) is 3.78. The molecule has 8 heteroatoms. The number of alkyl halides is 4. The van der Waals surface area contributed by atoms with E-state index in [0.717, 1.165) is 36.4 Å². The van der Waals surface area contributed by atoms with E-state index in [1.54, 1.807) is 36.7 Å². The summed E-state index contributed by atoms with van der Waals surface area (Å²) in [6, 6.07) is 7.53. The van der Waals surface area contributed by atoms with Crippen LogP contribution in [0.1, 0.15) is 50.5 Å². The second kappa shape index (κ2) is 10.1. The second-order valence-electron chi connectivity index (χ2n) is 7.59. The van der Waals surface area contributed by atoms with Crippen LogP contribution in [0.4, 0.5) is 27.6 Å². The smallest absolute Gasteiger partial charge is 0.377 e. The molecule has 3 nitrogen and oxygen atoms in total. The van der Waals surface area contributed by atoms with E-state index in [1.807, 2.05) is 0 Å². The first-order chi connectivity index (χ1) is 15.3. The van der Waals surface area contributed by atoms with Gasteiger partial charge in [-0.05, 0) is 68.2 Å². The number of aromatic nitrogens is 2. The maximum Gasteiger partial charge on any atom is 0.416 e. The lowest BCUT2D eigenvalue weighted by Crippen LogP contribution is -2.21. The quantitative estimate of drug-likeness (QED) is 0.357. The molecule has 1 unspecified atom stereocenters. The number of rotatable bonds is 7. The van der Waals surface area contributed by atoms with Gasteiger partial charge in [0, 0.05) is 17.8 Å². The molecule has 0 saturated heterocycles. The van der Waals surface area contributed by atoms with Crippen LogP contribution in [0.15, 0.2) is 59.7 Å². The van der Waals surface area contributed by atoms with E-state index in [0.29, 0.717) is 12.2 Å². The zero-order valence-electron chi connectivity index (χ0n) is 18.0. The van der Waals surface area contributed by atoms with Crippen molar-refractivity contribution in [3.05, 3.63) is 76.9 Å². The number of nitrogens with one attached hydrogen (secondary N) is 1. The van der Waals surface area contributed by atoms with Gasteiger partial charge in [-0.3, -0.25) is 4.68 Å². The molecule has 0 spiro atoms. The molecular weight excluding hydrogens is 425 g/mol. The molecule has 0 radical (unpaired) electrons. The third-order valence-corrected chi connectivity index (χ3v) is 5.38. The Morgan fingerprint density at radius 2 is 1.97 bits per heavy atom. The molecular formula is C24H26F5N3. The minimum absolute atomic E-state index is 0.120. The monoisotopic (exact) mass is 451 g/mol. The summed E-state index contributed by atoms with van der Waals surface area (Å²) < 4.78 is 69.3. The van der Waals surface area contributed by atoms with Gasteiger partial charge in [-0.25, -0.2) is 8.78 Å². The van der Waals surface area contributed by atoms with Crippen molar-refractivity contribution < 1.29 is 22.0 Å². The summed E-state index contributed by atoms with van der Waals surface area (Å²) in [6.07, 6.45) is 0.777. The van der Waals surface area contributed by atoms with Crippen molar-refractivity contribution in [2.24, 2.45) is 0 Å². The lowest BCUT2D eigenvalue weighted by atomic mass is 9.98. The molecule has 32 heavy (non-hydrogen) atoms. The number of nitrogens with zero attached hydrogens (tertiary/aromatic N) is 2. The van der Waals surface area contributed by atoms with E-state index in [2.05, 4.69) is 10.4 Å². The Balaban J connectivity index is 2.02. The van der Waals surface area contributed by atoms with Gasteiger partial charge in [0.2, 0.25) is 0 Å². The number of halogens is 5. The standard InChI is InChI=1S/C24H26F5N3/c1-3-6-17(24(27,28)29)13-20(16(4-2)15-25)22-14-23-21(7-5-12-32(23)31-22)30-19-10-8-18(26)9-11-19/h4,6,8-11,13-14,21,30H,3,5,7,12,15H2,1-2H3/b16-4-,17-6-,20-13+. The van der Waals surface area contributed by atoms with Crippen molar-refractivity contribution >= 4 is 11.3 Å². The summed E-state index contributed by atoms with van der Waals surface area (Å²) >= 11 is 0. The highest BCUT2D eigenvalue weighted by Crippen LogP contribution is 2.35. The predicted molar refractivity (Wildman–Crippen MR) is 116 cm³/mol. The maximum absolute atomic E-state index is 13.7. The minimum atomic E-state index is -4.55. The van der Waals surface area contributed by atoms with E-state index in [1.165, 1.54) is 18.2 Å². The molecule has 0 bridgehead atoms. The van der Waals surface area contributed by atoms with E-state index < -0.39 is 18.4 Å². The molecule has 1 atom stereocenters. The second-order valence-corrected chi connectivity index (χ2v) is 7.59. The Morgan fingerprint density at radius 1 is 1.25 bits per heavy atom. The molecule has 0 amide bonds. The van der Waals surface area contributed by atoms with Crippen LogP contribution in [-0.4, -0.2) is 22.6 Å². The van der Waals surface area contributed by atoms with Crippen molar-refractivity contribution in [1.82, 2.24) is 9.78 Å². The van der Waals surface area contributed by atoms with Crippen molar-refractivity contribution in [3.63, 3.8) is 0 Å². The van der Waals surface area contributed by atoms with Crippen LogP contribution in [0.25, 0.3) is 5.57 Å². The van der Waals surface area contributed by atoms with Gasteiger partial charge < -0.3 is 5.32 Å². The summed E-state index contributed by atoms with van der Waals surface area (Å²) in [4.78, 5) is 0. The van der Waals surface area contributed by atoms with Gasteiger partial charge in [0.25, 0.3) is 0 Å². The SMILES string of the molecule is C\C=C(CF)/C(=C\C(=C\CC)C(F)(F)F)c1cc2n(n1)CCCC2Nc1ccc(F)cc1. The zero-order valence-corrected chi connectivity index (χ0v) is 18.0. The summed E-state index contributed by atoms with van der Waals surface area (Å²) in [5, 5.41) is 7.85. The lowest BCUT2D eigenvalue weighted by Gasteiger charge is -2.25. The Kier molecular flexibility index (Phi) is 7.53. The van der Waals surface area contributed by atoms with Gasteiger partial charge >= 0.3 is 6.18 Å². The van der Waals surface area contributed by atoms with Gasteiger partial charge in [-0.1, -0.05) is 19.1 Å². The Labute approximate surface area is 184 Å². The van der Waals surface area contributed by atoms with Gasteiger partial charge in [-0.15, -0.1) is 0 Å². The summed E-state index contributed by atoms with van der Waals surface area (Å²) in [5.74, 6) is -0.341. The van der Waals surface area contributed by atoms with Crippen LogP contribution in [0.3, 0.4) is 0 Å². The normalized spacial score (nSPS) is 18.0. The highest BCUT2D eigenvalue weighted by atomic mass is 19.4. The van der Waals surface area contributed by atoms with E-state index in [4.69, 9.17) is 0 Å². The first-order valence-corrected chi connectivity index (χ1v) is 10.6. The van der Waals surface area contributed by atoms with Gasteiger partial charge in [0.15, 0.2) is 0 Å². The molecule has 1 N–H and O–H groups in total. The Hall–Kier alpha value is -2.90. The van der Waals surface area contributed by atoms with Crippen LogP contribution in [0, 0.1) is 5.82 Å². The molecule has 2 heterocycles. The van der Waals surface area contributed by atoms with E-state index in [-0.39, 0.29) is 29.4 Å². The number of benzene rings is 1. The molecule has 172 valence electrons. The summed E-state index contributed by atoms with van der Waals surface area (Å²) in [5.41, 5.74) is 1.26. The highest BCUT2D eigenvalue weighted by molar-refractivity contribution is 5.79. The van der Waals surface area contributed by atoms with E-state index in [9.17, 15) is 22.0 Å². The van der Waals surface area contributed by atoms with E-state index >= 15 is 0 Å². The van der Waals surface area contributed by atoms with Crippen molar-refractivity contribution in [1.29, 1.82) is 0 Å². The van der Waals surface area contributed by atoms with Crippen LogP contribution >= 0.6 is 0 Å². The number of hydrogen-bond donors (Lipinski definition) is 1. The molecule has 1 aromatic carbocycles. The molecule has 2 aromatic rings. The first kappa shape index (κ1) is 23.8. The fourth-order valence-corrected chi connectivity index (χ4v) is 3.78. The van der Waals surface area contributed by atoms with Gasteiger partial charge in [0.1, 0.15) is 12.5 Å². The summed E-state index contributed by atoms with van der Waals surface area (Å²) in [6.45, 7) is 2.92. The third-order valence-electron chi connectivity index (χ3n) is 5.38. The van der Waals surface area contributed by atoms with Crippen LogP contribution in [0.5, 0.6) is 0 Å². The maximum atomic E-state index is 13.7. The number of aryl methyl sites for hydroxylation is 1. The van der Waals surface area contributed by atoms with Crippen LogP contribution in [-0.2, 0) is 6.54 Å². The predicted octanol–water partition coefficient (Wildman–Crippen LogP) is 7.17. The molecule has 1 aliphatic heterocycles. The molecule has 1 aromatic heterocycles. The van der Waals surface area contributed by atoms with Crippen LogP contribution in [0.2, 0.25) is 0 Å². The van der Waals surface area contributed by atoms with Gasteiger partial charge in [-0.2, -0.15) is 18.3 Å². The topological polar surface area (TPSA) is 29.9 Å². The lowest BCUT2D eigenvalue weighted by molar-refractivity contribution is -0.0883. The van der Waals surface area contributed by atoms with Crippen molar-refractivity contribution in [2.75, 3.05) is 12.0 Å². The summed E-state index contributed by atoms with van der Waals surface area (Å²) in [7, 11) is 0. The number of anilines is 1. The van der Waals surface area contributed by atoms with Crippen molar-refractivity contribution in [2.45, 2.75) is 51.9 Å². The minimum Gasteiger partial charge on any atom is -0.377 e.